The number of rotatable bonds is 4. The summed E-state index contributed by atoms with van der Waals surface area (Å²) in [6.45, 7) is 1.08. The number of nitrogens with one attached hydrogen (secondary N) is 1. The van der Waals surface area contributed by atoms with Crippen LogP contribution >= 0.6 is 0 Å². The van der Waals surface area contributed by atoms with Gasteiger partial charge in [0.25, 0.3) is 0 Å². The normalized spacial score (nSPS) is 10.1. The van der Waals surface area contributed by atoms with Gasteiger partial charge in [0.15, 0.2) is 0 Å². The highest BCUT2D eigenvalue weighted by molar-refractivity contribution is 5.34. The lowest BCUT2D eigenvalue weighted by molar-refractivity contribution is 0.373. The van der Waals surface area contributed by atoms with Crippen LogP contribution < -0.4 is 5.32 Å². The molecule has 0 saturated carbocycles. The van der Waals surface area contributed by atoms with Gasteiger partial charge < -0.3 is 9.84 Å². The van der Waals surface area contributed by atoms with Crippen LogP contribution in [0.2, 0.25) is 0 Å². The lowest BCUT2D eigenvalue weighted by Crippen LogP contribution is -2.12. The van der Waals surface area contributed by atoms with E-state index in [2.05, 4.69) is 10.5 Å². The molecule has 86 valence electrons. The Labute approximate surface area is 97.7 Å². The monoisotopic (exact) mass is 231 g/mol. The van der Waals surface area contributed by atoms with Crippen LogP contribution in [0.4, 0.5) is 4.39 Å². The van der Waals surface area contributed by atoms with E-state index in [-0.39, 0.29) is 5.56 Å². The maximum atomic E-state index is 13.0. The van der Waals surface area contributed by atoms with Gasteiger partial charge in [-0.2, -0.15) is 5.26 Å². The maximum absolute atomic E-state index is 13.0. The first kappa shape index (κ1) is 11.3. The van der Waals surface area contributed by atoms with Crippen molar-refractivity contribution in [3.8, 4) is 6.07 Å². The summed E-state index contributed by atoms with van der Waals surface area (Å²) in [6.07, 6.45) is 1.57. The number of nitriles is 1. The number of hydrogen-bond donors (Lipinski definition) is 1. The van der Waals surface area contributed by atoms with E-state index in [1.807, 2.05) is 6.07 Å². The van der Waals surface area contributed by atoms with Gasteiger partial charge in [0.2, 0.25) is 0 Å². The Bertz CT molecular complexity index is 531. The van der Waals surface area contributed by atoms with Crippen molar-refractivity contribution < 1.29 is 8.91 Å². The molecule has 0 bridgehead atoms. The van der Waals surface area contributed by atoms with Crippen LogP contribution in [-0.2, 0) is 13.1 Å². The molecule has 1 heterocycles. The Kier molecular flexibility index (Phi) is 3.48. The molecule has 0 atom stereocenters. The van der Waals surface area contributed by atoms with Crippen LogP contribution in [0.3, 0.4) is 0 Å². The topological polar surface area (TPSA) is 61.9 Å². The minimum atomic E-state index is -0.494. The molecule has 0 spiro atoms. The van der Waals surface area contributed by atoms with Gasteiger partial charge in [0, 0.05) is 12.6 Å². The minimum absolute atomic E-state index is 0.0592. The van der Waals surface area contributed by atoms with E-state index in [0.29, 0.717) is 13.1 Å². The molecule has 0 aliphatic heterocycles. The Morgan fingerprint density at radius 2 is 2.24 bits per heavy atom. The SMILES string of the molecule is N#Cc1cc(CNCc2ccno2)ccc1F. The van der Waals surface area contributed by atoms with Gasteiger partial charge >= 0.3 is 0 Å². The van der Waals surface area contributed by atoms with Crippen LogP contribution in [0.25, 0.3) is 0 Å². The molecule has 5 heteroatoms. The van der Waals surface area contributed by atoms with E-state index in [9.17, 15) is 4.39 Å². The van der Waals surface area contributed by atoms with Crippen LogP contribution in [0, 0.1) is 17.1 Å². The van der Waals surface area contributed by atoms with Gasteiger partial charge in [0.05, 0.1) is 18.3 Å². The number of nitrogens with zero attached hydrogens (tertiary/aromatic N) is 2. The van der Waals surface area contributed by atoms with Crippen LogP contribution in [0.1, 0.15) is 16.9 Å². The van der Waals surface area contributed by atoms with Crippen molar-refractivity contribution >= 4 is 0 Å². The summed E-state index contributed by atoms with van der Waals surface area (Å²) >= 11 is 0. The van der Waals surface area contributed by atoms with Gasteiger partial charge in [0.1, 0.15) is 17.6 Å². The van der Waals surface area contributed by atoms with Crippen molar-refractivity contribution in [3.05, 3.63) is 53.2 Å². The Hall–Kier alpha value is -2.19. The summed E-state index contributed by atoms with van der Waals surface area (Å²) < 4.78 is 18.0. The molecule has 2 rings (SSSR count). The predicted molar refractivity (Wildman–Crippen MR) is 58.2 cm³/mol. The summed E-state index contributed by atoms with van der Waals surface area (Å²) in [5, 5.41) is 15.4. The smallest absolute Gasteiger partial charge is 0.150 e. The molecule has 0 amide bonds. The number of aromatic nitrogens is 1. The molecular formula is C12H10FN3O. The van der Waals surface area contributed by atoms with Gasteiger partial charge in [-0.3, -0.25) is 0 Å². The molecule has 0 aliphatic carbocycles. The van der Waals surface area contributed by atoms with Crippen LogP contribution in [0.5, 0.6) is 0 Å². The Morgan fingerprint density at radius 1 is 1.35 bits per heavy atom. The van der Waals surface area contributed by atoms with Gasteiger partial charge in [-0.15, -0.1) is 0 Å². The molecule has 17 heavy (non-hydrogen) atoms. The van der Waals surface area contributed by atoms with E-state index in [4.69, 9.17) is 9.78 Å². The quantitative estimate of drug-likeness (QED) is 0.873. The zero-order valence-corrected chi connectivity index (χ0v) is 8.98. The van der Waals surface area contributed by atoms with E-state index < -0.39 is 5.82 Å². The first-order valence-corrected chi connectivity index (χ1v) is 5.08. The highest BCUT2D eigenvalue weighted by Crippen LogP contribution is 2.09. The van der Waals surface area contributed by atoms with Crippen molar-refractivity contribution in [2.24, 2.45) is 0 Å². The zero-order valence-electron chi connectivity index (χ0n) is 8.98. The second kappa shape index (κ2) is 5.23. The van der Waals surface area contributed by atoms with Crippen molar-refractivity contribution in [2.75, 3.05) is 0 Å². The van der Waals surface area contributed by atoms with Crippen LogP contribution in [0.15, 0.2) is 35.0 Å². The van der Waals surface area contributed by atoms with Gasteiger partial charge in [-0.25, -0.2) is 4.39 Å². The largest absolute Gasteiger partial charge is 0.360 e. The summed E-state index contributed by atoms with van der Waals surface area (Å²) in [6, 6.07) is 8.04. The minimum Gasteiger partial charge on any atom is -0.360 e. The fourth-order valence-electron chi connectivity index (χ4n) is 1.43. The molecule has 1 aromatic heterocycles. The molecule has 0 saturated heterocycles. The fourth-order valence-corrected chi connectivity index (χ4v) is 1.43. The average molecular weight is 231 g/mol. The number of halogens is 1. The molecule has 1 N–H and O–H groups in total. The molecule has 2 aromatic rings. The summed E-state index contributed by atoms with van der Waals surface area (Å²) in [5.41, 5.74) is 0.909. The van der Waals surface area contributed by atoms with Crippen molar-refractivity contribution in [1.82, 2.24) is 10.5 Å². The third kappa shape index (κ3) is 2.89. The maximum Gasteiger partial charge on any atom is 0.150 e. The zero-order chi connectivity index (χ0) is 12.1. The summed E-state index contributed by atoms with van der Waals surface area (Å²) in [4.78, 5) is 0. The second-order valence-electron chi connectivity index (χ2n) is 3.51. The Balaban J connectivity index is 1.93. The van der Waals surface area contributed by atoms with Crippen molar-refractivity contribution in [3.63, 3.8) is 0 Å². The average Bonchev–Trinajstić information content (AvgIpc) is 2.84. The number of hydrogen-bond acceptors (Lipinski definition) is 4. The summed E-state index contributed by atoms with van der Waals surface area (Å²) in [5.74, 6) is 0.235. The molecule has 0 unspecified atom stereocenters. The van der Waals surface area contributed by atoms with E-state index in [0.717, 1.165) is 11.3 Å². The molecule has 0 radical (unpaired) electrons. The van der Waals surface area contributed by atoms with E-state index in [1.54, 1.807) is 18.3 Å². The highest BCUT2D eigenvalue weighted by Gasteiger charge is 2.03. The third-order valence-corrected chi connectivity index (χ3v) is 2.27. The molecular weight excluding hydrogens is 221 g/mol. The van der Waals surface area contributed by atoms with Gasteiger partial charge in [-0.1, -0.05) is 11.2 Å². The van der Waals surface area contributed by atoms with E-state index in [1.165, 1.54) is 12.1 Å². The first-order valence-electron chi connectivity index (χ1n) is 5.08. The Morgan fingerprint density at radius 3 is 2.94 bits per heavy atom. The highest BCUT2D eigenvalue weighted by atomic mass is 19.1. The standard InChI is InChI=1S/C12H10FN3O/c13-12-2-1-9(5-10(12)6-14)7-15-8-11-3-4-16-17-11/h1-5,15H,7-8H2. The van der Waals surface area contributed by atoms with Crippen molar-refractivity contribution in [2.45, 2.75) is 13.1 Å². The fraction of sp³-hybridized carbons (Fsp3) is 0.167. The number of benzene rings is 1. The lowest BCUT2D eigenvalue weighted by atomic mass is 10.1. The molecule has 1 aromatic carbocycles. The van der Waals surface area contributed by atoms with E-state index >= 15 is 0 Å². The van der Waals surface area contributed by atoms with Gasteiger partial charge in [-0.05, 0) is 17.7 Å². The summed E-state index contributed by atoms with van der Waals surface area (Å²) in [7, 11) is 0. The first-order chi connectivity index (χ1) is 8.29. The lowest BCUT2D eigenvalue weighted by Gasteiger charge is -2.03. The molecule has 0 fully saturated rings. The second-order valence-corrected chi connectivity index (χ2v) is 3.51. The third-order valence-electron chi connectivity index (χ3n) is 2.27. The van der Waals surface area contributed by atoms with Crippen LogP contribution in [-0.4, -0.2) is 5.16 Å². The molecule has 0 aliphatic rings. The predicted octanol–water partition coefficient (Wildman–Crippen LogP) is 1.98. The van der Waals surface area contributed by atoms with Crippen molar-refractivity contribution in [1.29, 1.82) is 5.26 Å². The molecule has 4 nitrogen and oxygen atoms in total.